The summed E-state index contributed by atoms with van der Waals surface area (Å²) in [5, 5.41) is 9.56. The highest BCUT2D eigenvalue weighted by atomic mass is 35.5. The van der Waals surface area contributed by atoms with Crippen molar-refractivity contribution in [3.8, 4) is 6.07 Å². The number of ketones is 1. The zero-order chi connectivity index (χ0) is 25.5. The number of nitrogens with zero attached hydrogens (tertiary/aromatic N) is 2. The molecule has 0 spiro atoms. The van der Waals surface area contributed by atoms with Crippen LogP contribution in [-0.4, -0.2) is 31.3 Å². The van der Waals surface area contributed by atoms with Gasteiger partial charge in [0.1, 0.15) is 5.69 Å². The number of halogens is 2. The molecule has 7 nitrogen and oxygen atoms in total. The number of ether oxygens (including phenoxy) is 1. The lowest BCUT2D eigenvalue weighted by Gasteiger charge is -2.14. The Hall–Kier alpha value is -3.64. The molecule has 3 aromatic carbocycles. The van der Waals surface area contributed by atoms with Crippen LogP contribution in [0.5, 0.6) is 0 Å². The van der Waals surface area contributed by atoms with Crippen LogP contribution in [0.25, 0.3) is 10.9 Å². The molecule has 1 aromatic heterocycles. The second kappa shape index (κ2) is 9.19. The number of rotatable bonds is 5. The average molecular weight is 527 g/mol. The number of aryl methyl sites for hydroxylation is 1. The van der Waals surface area contributed by atoms with Crippen LogP contribution in [0.2, 0.25) is 10.0 Å². The largest absolute Gasteiger partial charge is 0.465 e. The van der Waals surface area contributed by atoms with Gasteiger partial charge in [0.2, 0.25) is 5.78 Å². The molecule has 176 valence electrons. The van der Waals surface area contributed by atoms with Gasteiger partial charge in [0.25, 0.3) is 10.0 Å². The van der Waals surface area contributed by atoms with E-state index in [4.69, 9.17) is 27.9 Å². The summed E-state index contributed by atoms with van der Waals surface area (Å²) in [6.07, 6.45) is 0. The Labute approximate surface area is 211 Å². The molecular weight excluding hydrogens is 511 g/mol. The van der Waals surface area contributed by atoms with E-state index >= 15 is 0 Å². The van der Waals surface area contributed by atoms with Crippen LogP contribution >= 0.6 is 23.2 Å². The Morgan fingerprint density at radius 2 is 1.71 bits per heavy atom. The quantitative estimate of drug-likeness (QED) is 0.255. The molecule has 0 bridgehead atoms. The summed E-state index contributed by atoms with van der Waals surface area (Å²) in [5.74, 6) is -1.60. The molecule has 4 rings (SSSR count). The van der Waals surface area contributed by atoms with Crippen LogP contribution in [0, 0.1) is 18.3 Å². The molecule has 0 radical (unpaired) electrons. The first-order valence-corrected chi connectivity index (χ1v) is 12.3. The number of carbonyl (C=O) groups excluding carboxylic acids is 2. The molecule has 0 saturated carbocycles. The van der Waals surface area contributed by atoms with Crippen molar-refractivity contribution in [2.45, 2.75) is 11.8 Å². The van der Waals surface area contributed by atoms with Crippen LogP contribution in [-0.2, 0) is 14.8 Å². The van der Waals surface area contributed by atoms with Crippen molar-refractivity contribution in [2.75, 3.05) is 7.11 Å². The standard InChI is InChI=1S/C25H16Cl2N2O5S/c1-14-10-15(13-28)11-20-18(14)12-21(29(20)35(32,33)16-6-4-3-5-7-16)24(30)22-19(26)9-8-17(23(22)27)25(31)34-2/h3-12H,1-2H3. The maximum Gasteiger partial charge on any atom is 0.339 e. The third kappa shape index (κ3) is 4.08. The number of fused-ring (bicyclic) bond motifs is 1. The fourth-order valence-corrected chi connectivity index (χ4v) is 5.93. The second-order valence-electron chi connectivity index (χ2n) is 7.55. The third-order valence-electron chi connectivity index (χ3n) is 5.45. The maximum atomic E-state index is 13.8. The minimum Gasteiger partial charge on any atom is -0.465 e. The van der Waals surface area contributed by atoms with E-state index in [0.29, 0.717) is 10.9 Å². The number of aromatic nitrogens is 1. The summed E-state index contributed by atoms with van der Waals surface area (Å²) >= 11 is 12.7. The van der Waals surface area contributed by atoms with Crippen molar-refractivity contribution in [2.24, 2.45) is 0 Å². The molecule has 4 aromatic rings. The highest BCUT2D eigenvalue weighted by molar-refractivity contribution is 7.90. The molecule has 0 aliphatic heterocycles. The van der Waals surface area contributed by atoms with Gasteiger partial charge in [-0.2, -0.15) is 5.26 Å². The third-order valence-corrected chi connectivity index (χ3v) is 7.90. The molecule has 0 aliphatic rings. The van der Waals surface area contributed by atoms with Crippen molar-refractivity contribution in [1.82, 2.24) is 3.97 Å². The molecule has 0 N–H and O–H groups in total. The maximum absolute atomic E-state index is 13.8. The van der Waals surface area contributed by atoms with Crippen LogP contribution < -0.4 is 0 Å². The van der Waals surface area contributed by atoms with Crippen LogP contribution in [0.15, 0.2) is 65.6 Å². The highest BCUT2D eigenvalue weighted by Crippen LogP contribution is 2.35. The van der Waals surface area contributed by atoms with Gasteiger partial charge in [-0.3, -0.25) is 4.79 Å². The summed E-state index contributed by atoms with van der Waals surface area (Å²) in [6, 6.07) is 16.6. The van der Waals surface area contributed by atoms with Gasteiger partial charge in [-0.15, -0.1) is 0 Å². The lowest BCUT2D eigenvalue weighted by Crippen LogP contribution is -2.20. The van der Waals surface area contributed by atoms with Crippen molar-refractivity contribution in [1.29, 1.82) is 5.26 Å². The number of methoxy groups -OCH3 is 1. The van der Waals surface area contributed by atoms with Crippen molar-refractivity contribution >= 4 is 55.9 Å². The van der Waals surface area contributed by atoms with Crippen molar-refractivity contribution < 1.29 is 22.7 Å². The first-order chi connectivity index (χ1) is 16.6. The fraction of sp³-hybridized carbons (Fsp3) is 0.0800. The Kier molecular flexibility index (Phi) is 6.43. The summed E-state index contributed by atoms with van der Waals surface area (Å²) < 4.78 is 33.1. The predicted molar refractivity (Wildman–Crippen MR) is 132 cm³/mol. The zero-order valence-corrected chi connectivity index (χ0v) is 20.7. The average Bonchev–Trinajstić information content (AvgIpc) is 3.25. The summed E-state index contributed by atoms with van der Waals surface area (Å²) in [7, 11) is -3.13. The second-order valence-corrected chi connectivity index (χ2v) is 10.1. The van der Waals surface area contributed by atoms with Gasteiger partial charge in [0.05, 0.1) is 50.3 Å². The minimum atomic E-state index is -4.30. The Bertz CT molecular complexity index is 1670. The number of hydrogen-bond acceptors (Lipinski definition) is 6. The lowest BCUT2D eigenvalue weighted by molar-refractivity contribution is 0.0601. The molecule has 0 aliphatic carbocycles. The van der Waals surface area contributed by atoms with Crippen molar-refractivity contribution in [3.05, 3.63) is 98.7 Å². The number of hydrogen-bond donors (Lipinski definition) is 0. The van der Waals surface area contributed by atoms with E-state index in [-0.39, 0.29) is 42.8 Å². The first-order valence-electron chi connectivity index (χ1n) is 10.1. The molecule has 0 saturated heterocycles. The lowest BCUT2D eigenvalue weighted by atomic mass is 10.0. The van der Waals surface area contributed by atoms with Gasteiger partial charge in [-0.05, 0) is 55.0 Å². The van der Waals surface area contributed by atoms with E-state index in [9.17, 15) is 23.3 Å². The van der Waals surface area contributed by atoms with Gasteiger partial charge in [0.15, 0.2) is 0 Å². The first kappa shape index (κ1) is 24.5. The van der Waals surface area contributed by atoms with E-state index in [1.54, 1.807) is 31.2 Å². The number of esters is 1. The van der Waals surface area contributed by atoms with Gasteiger partial charge < -0.3 is 4.74 Å². The van der Waals surface area contributed by atoms with Gasteiger partial charge in [0, 0.05) is 5.39 Å². The summed E-state index contributed by atoms with van der Waals surface area (Å²) in [6.45, 7) is 1.70. The van der Waals surface area contributed by atoms with E-state index in [1.807, 2.05) is 6.07 Å². The Balaban J connectivity index is 2.09. The SMILES string of the molecule is COC(=O)c1ccc(Cl)c(C(=O)c2cc3c(C)cc(C#N)cc3n2S(=O)(=O)c2ccccc2)c1Cl. The zero-order valence-electron chi connectivity index (χ0n) is 18.4. The van der Waals surface area contributed by atoms with Gasteiger partial charge in [-0.1, -0.05) is 41.4 Å². The Morgan fingerprint density at radius 1 is 1.03 bits per heavy atom. The Morgan fingerprint density at radius 3 is 2.34 bits per heavy atom. The normalized spacial score (nSPS) is 11.3. The minimum absolute atomic E-state index is 0.0629. The predicted octanol–water partition coefficient (Wildman–Crippen LogP) is 5.38. The van der Waals surface area contributed by atoms with E-state index < -0.39 is 21.8 Å². The van der Waals surface area contributed by atoms with Crippen LogP contribution in [0.3, 0.4) is 0 Å². The van der Waals surface area contributed by atoms with Crippen LogP contribution in [0.4, 0.5) is 0 Å². The fourth-order valence-electron chi connectivity index (χ4n) is 3.80. The summed E-state index contributed by atoms with van der Waals surface area (Å²) in [4.78, 5) is 25.9. The van der Waals surface area contributed by atoms with E-state index in [2.05, 4.69) is 0 Å². The molecule has 1 heterocycles. The molecule has 0 unspecified atom stereocenters. The smallest absolute Gasteiger partial charge is 0.339 e. The van der Waals surface area contributed by atoms with Gasteiger partial charge in [-0.25, -0.2) is 17.2 Å². The van der Waals surface area contributed by atoms with Crippen molar-refractivity contribution in [3.63, 3.8) is 0 Å². The summed E-state index contributed by atoms with van der Waals surface area (Å²) in [5.41, 5.74) is 0.356. The number of benzene rings is 3. The molecule has 0 fully saturated rings. The molecule has 0 atom stereocenters. The monoisotopic (exact) mass is 526 g/mol. The molecular formula is C25H16Cl2N2O5S. The van der Waals surface area contributed by atoms with E-state index in [0.717, 1.165) is 11.1 Å². The van der Waals surface area contributed by atoms with E-state index in [1.165, 1.54) is 36.4 Å². The van der Waals surface area contributed by atoms with Gasteiger partial charge >= 0.3 is 5.97 Å². The van der Waals surface area contributed by atoms with Crippen LogP contribution in [0.1, 0.15) is 37.5 Å². The number of carbonyl (C=O) groups is 2. The number of nitriles is 1. The highest BCUT2D eigenvalue weighted by Gasteiger charge is 2.31. The topological polar surface area (TPSA) is 106 Å². The molecule has 35 heavy (non-hydrogen) atoms. The molecule has 10 heteroatoms. The molecule has 0 amide bonds.